The van der Waals surface area contributed by atoms with E-state index in [2.05, 4.69) is 0 Å². The molecule has 4 N–H and O–H groups in total. The summed E-state index contributed by atoms with van der Waals surface area (Å²) in [6.07, 6.45) is -4.59. The maximum absolute atomic E-state index is 11.7. The highest BCUT2D eigenvalue weighted by Gasteiger charge is 2.45. The third kappa shape index (κ3) is 3.90. The summed E-state index contributed by atoms with van der Waals surface area (Å²) in [5, 5.41) is 38.0. The minimum absolute atomic E-state index is 0.584. The first kappa shape index (κ1) is 16.6. The second-order valence-corrected chi connectivity index (χ2v) is 4.88. The standard InChI is InChI=1S/C15H18O7/c16-8-10-12(18)13(19)14(20)15(21-10)22-11(17)7-6-9-4-2-1-3-5-9/h1-7,10,12-16,18-20H,8H2/t10?,12-,13-,14?,15+/m1/s1. The fraction of sp³-hybridized carbons (Fsp3) is 0.400. The minimum Gasteiger partial charge on any atom is -0.430 e. The van der Waals surface area contributed by atoms with Crippen LogP contribution >= 0.6 is 0 Å². The van der Waals surface area contributed by atoms with Gasteiger partial charge < -0.3 is 29.9 Å². The largest absolute Gasteiger partial charge is 0.430 e. The van der Waals surface area contributed by atoms with Crippen LogP contribution in [0, 0.1) is 0 Å². The van der Waals surface area contributed by atoms with E-state index in [0.29, 0.717) is 0 Å². The average molecular weight is 310 g/mol. The van der Waals surface area contributed by atoms with Gasteiger partial charge >= 0.3 is 5.97 Å². The first-order chi connectivity index (χ1) is 10.5. The van der Waals surface area contributed by atoms with Gasteiger partial charge in [-0.3, -0.25) is 0 Å². The molecule has 0 spiro atoms. The molecule has 0 aromatic heterocycles. The molecule has 1 aliphatic rings. The van der Waals surface area contributed by atoms with Crippen LogP contribution in [0.2, 0.25) is 0 Å². The molecule has 2 rings (SSSR count). The van der Waals surface area contributed by atoms with Crippen molar-refractivity contribution in [3.8, 4) is 0 Å². The molecule has 1 aromatic rings. The van der Waals surface area contributed by atoms with E-state index in [1.165, 1.54) is 6.08 Å². The van der Waals surface area contributed by atoms with Crippen LogP contribution in [0.3, 0.4) is 0 Å². The van der Waals surface area contributed by atoms with Crippen molar-refractivity contribution in [3.63, 3.8) is 0 Å². The number of carbonyl (C=O) groups is 1. The third-order valence-corrected chi connectivity index (χ3v) is 3.29. The Morgan fingerprint density at radius 1 is 1.14 bits per heavy atom. The Balaban J connectivity index is 1.97. The van der Waals surface area contributed by atoms with Crippen LogP contribution in [-0.2, 0) is 14.3 Å². The number of rotatable bonds is 4. The van der Waals surface area contributed by atoms with Gasteiger partial charge in [0.1, 0.15) is 24.4 Å². The van der Waals surface area contributed by atoms with E-state index < -0.39 is 43.3 Å². The zero-order chi connectivity index (χ0) is 16.1. The number of carbonyl (C=O) groups excluding carboxylic acids is 1. The Morgan fingerprint density at radius 2 is 1.82 bits per heavy atom. The zero-order valence-corrected chi connectivity index (χ0v) is 11.6. The molecule has 0 bridgehead atoms. The number of hydrogen-bond acceptors (Lipinski definition) is 7. The lowest BCUT2D eigenvalue weighted by molar-refractivity contribution is -0.291. The lowest BCUT2D eigenvalue weighted by Crippen LogP contribution is -2.59. The molecule has 0 radical (unpaired) electrons. The molecule has 5 atom stereocenters. The van der Waals surface area contributed by atoms with Crippen LogP contribution < -0.4 is 0 Å². The van der Waals surface area contributed by atoms with Crippen molar-refractivity contribution in [1.29, 1.82) is 0 Å². The van der Waals surface area contributed by atoms with E-state index in [4.69, 9.17) is 14.6 Å². The van der Waals surface area contributed by atoms with Crippen molar-refractivity contribution >= 4 is 12.0 Å². The quantitative estimate of drug-likeness (QED) is 0.418. The van der Waals surface area contributed by atoms with Crippen molar-refractivity contribution in [2.24, 2.45) is 0 Å². The first-order valence-electron chi connectivity index (χ1n) is 6.77. The van der Waals surface area contributed by atoms with Gasteiger partial charge in [-0.25, -0.2) is 4.79 Å². The van der Waals surface area contributed by atoms with Crippen LogP contribution in [0.25, 0.3) is 6.08 Å². The van der Waals surface area contributed by atoms with Crippen LogP contribution in [0.1, 0.15) is 5.56 Å². The van der Waals surface area contributed by atoms with E-state index in [9.17, 15) is 20.1 Å². The number of ether oxygens (including phenoxy) is 2. The summed E-state index contributed by atoms with van der Waals surface area (Å²) in [7, 11) is 0. The van der Waals surface area contributed by atoms with E-state index in [1.54, 1.807) is 12.1 Å². The van der Waals surface area contributed by atoms with Gasteiger partial charge in [0.2, 0.25) is 6.29 Å². The summed E-state index contributed by atoms with van der Waals surface area (Å²) in [6, 6.07) is 9.03. The van der Waals surface area contributed by atoms with Crippen LogP contribution in [0.15, 0.2) is 36.4 Å². The summed E-state index contributed by atoms with van der Waals surface area (Å²) in [5.41, 5.74) is 0.785. The average Bonchev–Trinajstić information content (AvgIpc) is 2.54. The molecular weight excluding hydrogens is 292 g/mol. The van der Waals surface area contributed by atoms with Crippen molar-refractivity contribution in [3.05, 3.63) is 42.0 Å². The smallest absolute Gasteiger partial charge is 0.333 e. The number of aliphatic hydroxyl groups is 4. The molecule has 1 heterocycles. The van der Waals surface area contributed by atoms with Gasteiger partial charge in [0, 0.05) is 6.08 Å². The molecule has 2 unspecified atom stereocenters. The van der Waals surface area contributed by atoms with Gasteiger partial charge in [-0.05, 0) is 11.6 Å². The van der Waals surface area contributed by atoms with Gasteiger partial charge in [0.15, 0.2) is 0 Å². The maximum Gasteiger partial charge on any atom is 0.333 e. The molecule has 0 saturated carbocycles. The summed E-state index contributed by atoms with van der Waals surface area (Å²) < 4.78 is 9.96. The van der Waals surface area contributed by atoms with Crippen molar-refractivity contribution in [2.75, 3.05) is 6.61 Å². The normalized spacial score (nSPS) is 32.1. The highest BCUT2D eigenvalue weighted by Crippen LogP contribution is 2.22. The first-order valence-corrected chi connectivity index (χ1v) is 6.77. The van der Waals surface area contributed by atoms with E-state index in [0.717, 1.165) is 11.6 Å². The number of hydrogen-bond donors (Lipinski definition) is 4. The fourth-order valence-electron chi connectivity index (χ4n) is 2.05. The molecular formula is C15H18O7. The van der Waals surface area contributed by atoms with Gasteiger partial charge in [-0.15, -0.1) is 0 Å². The molecule has 0 aliphatic carbocycles. The molecule has 120 valence electrons. The predicted molar refractivity (Wildman–Crippen MR) is 75.3 cm³/mol. The fourth-order valence-corrected chi connectivity index (χ4v) is 2.05. The minimum atomic E-state index is -1.60. The van der Waals surface area contributed by atoms with Gasteiger partial charge in [0.25, 0.3) is 0 Å². The van der Waals surface area contributed by atoms with Crippen molar-refractivity contribution < 1.29 is 34.7 Å². The molecule has 22 heavy (non-hydrogen) atoms. The summed E-state index contributed by atoms with van der Waals surface area (Å²) in [5.74, 6) is -0.784. The Labute approximate surface area is 127 Å². The zero-order valence-electron chi connectivity index (χ0n) is 11.6. The Hall–Kier alpha value is -1.77. The summed E-state index contributed by atoms with van der Waals surface area (Å²) >= 11 is 0. The molecule has 1 aliphatic heterocycles. The number of aliphatic hydroxyl groups excluding tert-OH is 4. The predicted octanol–water partition coefficient (Wildman–Crippen LogP) is -0.957. The Bertz CT molecular complexity index is 514. The molecule has 7 nitrogen and oxygen atoms in total. The van der Waals surface area contributed by atoms with E-state index in [1.807, 2.05) is 18.2 Å². The highest BCUT2D eigenvalue weighted by atomic mass is 16.7. The molecule has 0 amide bonds. The summed E-state index contributed by atoms with van der Waals surface area (Å²) in [6.45, 7) is -0.584. The highest BCUT2D eigenvalue weighted by molar-refractivity contribution is 5.87. The summed E-state index contributed by atoms with van der Waals surface area (Å²) in [4.78, 5) is 11.7. The van der Waals surface area contributed by atoms with Crippen LogP contribution in [0.5, 0.6) is 0 Å². The van der Waals surface area contributed by atoms with E-state index >= 15 is 0 Å². The van der Waals surface area contributed by atoms with Crippen molar-refractivity contribution in [1.82, 2.24) is 0 Å². The Morgan fingerprint density at radius 3 is 2.45 bits per heavy atom. The lowest BCUT2D eigenvalue weighted by atomic mass is 9.99. The third-order valence-electron chi connectivity index (χ3n) is 3.29. The number of benzene rings is 1. The molecule has 7 heteroatoms. The molecule has 1 aromatic carbocycles. The van der Waals surface area contributed by atoms with Crippen LogP contribution in [0.4, 0.5) is 0 Å². The van der Waals surface area contributed by atoms with Crippen LogP contribution in [-0.4, -0.2) is 63.7 Å². The second-order valence-electron chi connectivity index (χ2n) is 4.88. The van der Waals surface area contributed by atoms with Gasteiger partial charge in [0.05, 0.1) is 6.61 Å². The maximum atomic E-state index is 11.7. The van der Waals surface area contributed by atoms with E-state index in [-0.39, 0.29) is 0 Å². The van der Waals surface area contributed by atoms with Gasteiger partial charge in [-0.2, -0.15) is 0 Å². The molecule has 1 saturated heterocycles. The lowest BCUT2D eigenvalue weighted by Gasteiger charge is -2.38. The SMILES string of the molecule is O=C(C=Cc1ccccc1)O[C@@H]1OC(CO)[C@@H](O)[C@@H](O)C1O. The van der Waals surface area contributed by atoms with Crippen molar-refractivity contribution in [2.45, 2.75) is 30.7 Å². The Kier molecular flexibility index (Phi) is 5.64. The topological polar surface area (TPSA) is 116 Å². The second kappa shape index (κ2) is 7.48. The molecule has 1 fully saturated rings. The van der Waals surface area contributed by atoms with Gasteiger partial charge in [-0.1, -0.05) is 30.3 Å². The monoisotopic (exact) mass is 310 g/mol. The number of esters is 1.